The van der Waals surface area contributed by atoms with Gasteiger partial charge < -0.3 is 10.7 Å². The molecule has 3 aromatic rings. The van der Waals surface area contributed by atoms with Crippen LogP contribution in [0.3, 0.4) is 0 Å². The van der Waals surface area contributed by atoms with E-state index in [2.05, 4.69) is 10.2 Å². The summed E-state index contributed by atoms with van der Waals surface area (Å²) in [7, 11) is 0. The van der Waals surface area contributed by atoms with Gasteiger partial charge in [0.25, 0.3) is 0 Å². The highest BCUT2D eigenvalue weighted by Crippen LogP contribution is 2.28. The van der Waals surface area contributed by atoms with Crippen LogP contribution >= 0.6 is 23.1 Å². The third kappa shape index (κ3) is 4.84. The van der Waals surface area contributed by atoms with E-state index in [0.29, 0.717) is 17.5 Å². The van der Waals surface area contributed by atoms with Crippen LogP contribution in [-0.4, -0.2) is 37.5 Å². The van der Waals surface area contributed by atoms with Gasteiger partial charge in [0, 0.05) is 12.6 Å². The molecule has 2 N–H and O–H groups in total. The highest BCUT2D eigenvalue weighted by Gasteiger charge is 2.26. The van der Waals surface area contributed by atoms with Gasteiger partial charge in [0.15, 0.2) is 5.82 Å². The SMILES string of the molecule is Nn1c(SCC(=O)N(Cc2ccc(F)cc2)C2CCCCC2)nnc1-c1cccs1. The van der Waals surface area contributed by atoms with E-state index in [4.69, 9.17) is 5.84 Å². The molecule has 2 aromatic heterocycles. The minimum atomic E-state index is -0.270. The average molecular weight is 446 g/mol. The van der Waals surface area contributed by atoms with Crippen molar-refractivity contribution in [3.05, 3.63) is 53.2 Å². The van der Waals surface area contributed by atoms with Gasteiger partial charge in [0.2, 0.25) is 11.1 Å². The first-order valence-corrected chi connectivity index (χ1v) is 11.9. The molecule has 0 radical (unpaired) electrons. The fourth-order valence-corrected chi connectivity index (χ4v) is 5.21. The van der Waals surface area contributed by atoms with Gasteiger partial charge >= 0.3 is 0 Å². The summed E-state index contributed by atoms with van der Waals surface area (Å²) in [5, 5.41) is 10.8. The molecule has 1 fully saturated rings. The van der Waals surface area contributed by atoms with Crippen LogP contribution in [-0.2, 0) is 11.3 Å². The van der Waals surface area contributed by atoms with Crippen LogP contribution in [0.15, 0.2) is 46.9 Å². The van der Waals surface area contributed by atoms with Crippen molar-refractivity contribution in [1.29, 1.82) is 0 Å². The number of hydrogen-bond donors (Lipinski definition) is 1. The quantitative estimate of drug-likeness (QED) is 0.433. The molecule has 4 rings (SSSR count). The Balaban J connectivity index is 1.45. The van der Waals surface area contributed by atoms with E-state index in [9.17, 15) is 9.18 Å². The Kier molecular flexibility index (Phi) is 6.69. The minimum Gasteiger partial charge on any atom is -0.335 e. The Morgan fingerprint density at radius 2 is 1.97 bits per heavy atom. The smallest absolute Gasteiger partial charge is 0.233 e. The predicted octanol–water partition coefficient (Wildman–Crippen LogP) is 4.31. The number of thioether (sulfide) groups is 1. The van der Waals surface area contributed by atoms with E-state index in [1.165, 1.54) is 46.3 Å². The second-order valence-electron chi connectivity index (χ2n) is 7.38. The maximum atomic E-state index is 13.3. The van der Waals surface area contributed by atoms with Crippen LogP contribution in [0.2, 0.25) is 0 Å². The molecule has 0 unspecified atom stereocenters. The minimum absolute atomic E-state index is 0.0388. The van der Waals surface area contributed by atoms with Gasteiger partial charge in [-0.1, -0.05) is 49.2 Å². The molecule has 1 amide bonds. The monoisotopic (exact) mass is 445 g/mol. The Bertz CT molecular complexity index is 968. The second-order valence-corrected chi connectivity index (χ2v) is 9.27. The van der Waals surface area contributed by atoms with Crippen molar-refractivity contribution in [2.45, 2.75) is 49.8 Å². The molecule has 6 nitrogen and oxygen atoms in total. The number of halogens is 1. The molecule has 1 aromatic carbocycles. The predicted molar refractivity (Wildman–Crippen MR) is 118 cm³/mol. The third-order valence-electron chi connectivity index (χ3n) is 5.33. The lowest BCUT2D eigenvalue weighted by atomic mass is 9.94. The van der Waals surface area contributed by atoms with Gasteiger partial charge in [-0.25, -0.2) is 9.07 Å². The van der Waals surface area contributed by atoms with E-state index in [0.717, 1.165) is 36.1 Å². The van der Waals surface area contributed by atoms with Crippen molar-refractivity contribution in [3.8, 4) is 10.7 Å². The Hall–Kier alpha value is -2.39. The maximum Gasteiger partial charge on any atom is 0.233 e. The number of nitrogen functional groups attached to an aromatic ring is 1. The first kappa shape index (κ1) is 20.9. The molecule has 2 heterocycles. The number of nitrogens with two attached hydrogens (primary N) is 1. The van der Waals surface area contributed by atoms with E-state index >= 15 is 0 Å². The molecule has 0 atom stereocenters. The van der Waals surface area contributed by atoms with Gasteiger partial charge in [-0.15, -0.1) is 21.5 Å². The number of carbonyl (C=O) groups is 1. The number of thiophene rings is 1. The normalized spacial score (nSPS) is 14.7. The molecule has 158 valence electrons. The Morgan fingerprint density at radius 1 is 1.20 bits per heavy atom. The summed E-state index contributed by atoms with van der Waals surface area (Å²) < 4.78 is 14.7. The summed E-state index contributed by atoms with van der Waals surface area (Å²) in [6.07, 6.45) is 5.49. The molecule has 0 aliphatic heterocycles. The fraction of sp³-hybridized carbons (Fsp3) is 0.381. The highest BCUT2D eigenvalue weighted by atomic mass is 32.2. The van der Waals surface area contributed by atoms with Crippen LogP contribution in [0.25, 0.3) is 10.7 Å². The van der Waals surface area contributed by atoms with E-state index in [-0.39, 0.29) is 23.5 Å². The summed E-state index contributed by atoms with van der Waals surface area (Å²) in [5.74, 6) is 6.75. The van der Waals surface area contributed by atoms with Crippen molar-refractivity contribution in [1.82, 2.24) is 19.8 Å². The molecule has 30 heavy (non-hydrogen) atoms. The van der Waals surface area contributed by atoms with Gasteiger partial charge in [-0.05, 0) is 42.0 Å². The molecular weight excluding hydrogens is 421 g/mol. The van der Waals surface area contributed by atoms with Crippen LogP contribution in [0.4, 0.5) is 4.39 Å². The van der Waals surface area contributed by atoms with Crippen molar-refractivity contribution in [3.63, 3.8) is 0 Å². The summed E-state index contributed by atoms with van der Waals surface area (Å²) in [4.78, 5) is 16.0. The van der Waals surface area contributed by atoms with Crippen molar-refractivity contribution >= 4 is 29.0 Å². The van der Waals surface area contributed by atoms with Crippen molar-refractivity contribution in [2.75, 3.05) is 11.6 Å². The molecular formula is C21H24FN5OS2. The largest absolute Gasteiger partial charge is 0.335 e. The molecule has 0 bridgehead atoms. The van der Waals surface area contributed by atoms with Gasteiger partial charge in [-0.3, -0.25) is 4.79 Å². The standard InChI is InChI=1S/C21H24FN5OS2/c22-16-10-8-15(9-11-16)13-26(17-5-2-1-3-6-17)19(28)14-30-21-25-24-20(27(21)23)18-7-4-12-29-18/h4,7-12,17H,1-3,5-6,13-14,23H2. The summed E-state index contributed by atoms with van der Waals surface area (Å²) in [6, 6.07) is 10.5. The zero-order valence-electron chi connectivity index (χ0n) is 16.5. The van der Waals surface area contributed by atoms with E-state index < -0.39 is 0 Å². The zero-order chi connectivity index (χ0) is 20.9. The number of carbonyl (C=O) groups excluding carboxylic acids is 1. The van der Waals surface area contributed by atoms with Crippen LogP contribution in [0.5, 0.6) is 0 Å². The van der Waals surface area contributed by atoms with Gasteiger partial charge in [-0.2, -0.15) is 0 Å². The fourth-order valence-electron chi connectivity index (χ4n) is 3.76. The topological polar surface area (TPSA) is 77.0 Å². The average Bonchev–Trinajstić information content (AvgIpc) is 3.42. The van der Waals surface area contributed by atoms with Crippen molar-refractivity contribution in [2.24, 2.45) is 0 Å². The molecule has 1 saturated carbocycles. The second kappa shape index (κ2) is 9.61. The maximum absolute atomic E-state index is 13.3. The summed E-state index contributed by atoms with van der Waals surface area (Å²) in [5.41, 5.74) is 0.933. The molecule has 0 spiro atoms. The number of aromatic nitrogens is 3. The first-order valence-electron chi connectivity index (χ1n) is 10.0. The summed E-state index contributed by atoms with van der Waals surface area (Å²) in [6.45, 7) is 0.486. The van der Waals surface area contributed by atoms with Crippen LogP contribution in [0.1, 0.15) is 37.7 Å². The van der Waals surface area contributed by atoms with Gasteiger partial charge in [0.05, 0.1) is 10.6 Å². The zero-order valence-corrected chi connectivity index (χ0v) is 18.2. The molecule has 0 saturated heterocycles. The van der Waals surface area contributed by atoms with E-state index in [1.807, 2.05) is 22.4 Å². The number of nitrogens with zero attached hydrogens (tertiary/aromatic N) is 4. The molecule has 1 aliphatic carbocycles. The number of amides is 1. The Morgan fingerprint density at radius 3 is 2.67 bits per heavy atom. The van der Waals surface area contributed by atoms with Crippen LogP contribution in [0, 0.1) is 5.82 Å². The lowest BCUT2D eigenvalue weighted by Gasteiger charge is -2.34. The summed E-state index contributed by atoms with van der Waals surface area (Å²) >= 11 is 2.84. The first-order chi connectivity index (χ1) is 14.6. The Labute approximate surface area is 183 Å². The third-order valence-corrected chi connectivity index (χ3v) is 7.13. The van der Waals surface area contributed by atoms with Crippen molar-refractivity contribution < 1.29 is 9.18 Å². The number of hydrogen-bond acceptors (Lipinski definition) is 6. The van der Waals surface area contributed by atoms with Gasteiger partial charge in [0.1, 0.15) is 5.82 Å². The lowest BCUT2D eigenvalue weighted by Crippen LogP contribution is -2.42. The molecule has 9 heteroatoms. The highest BCUT2D eigenvalue weighted by molar-refractivity contribution is 7.99. The lowest BCUT2D eigenvalue weighted by molar-refractivity contribution is -0.132. The van der Waals surface area contributed by atoms with E-state index in [1.54, 1.807) is 12.1 Å². The molecule has 1 aliphatic rings. The van der Waals surface area contributed by atoms with Crippen LogP contribution < -0.4 is 5.84 Å². The number of benzene rings is 1. The number of rotatable bonds is 7.